The maximum absolute atomic E-state index is 14.3. The Bertz CT molecular complexity index is 2280. The molecule has 2 heterocycles. The van der Waals surface area contributed by atoms with E-state index in [0.717, 1.165) is 21.8 Å². The zero-order valence-corrected chi connectivity index (χ0v) is 35.8. The standard InChI is InChI=1S/C42H60N14O8/c1-22(2)34(43)39(62)55-32(18-24-20-51-28-12-6-4-10-26(24)28)37(60)56-33(21-57)38(61)54-31(17-23-19-50-27-11-5-3-9-25(23)27)36(59)52-29(13-7-15-48-41(44)45)35(58)53-30(40(63)64)14-8-16-49-42(46)47/h3-6,9-12,19-20,22,29-34,50-51,57H,7-8,13-18,21,43H2,1-2H3,(H,52,59)(H,53,58)(H,54,61)(H,55,62)(H,56,60)(H,63,64)(H4,44,45,48)(H4,46,47,49)/t29-,30-,31-,32-,33-,34-/m0/s1. The lowest BCUT2D eigenvalue weighted by Crippen LogP contribution is -2.60. The fraction of sp³-hybridized carbons (Fsp3) is 0.429. The second kappa shape index (κ2) is 23.9. The average molecular weight is 889 g/mol. The van der Waals surface area contributed by atoms with Gasteiger partial charge in [0.2, 0.25) is 29.5 Å². The monoisotopic (exact) mass is 888 g/mol. The summed E-state index contributed by atoms with van der Waals surface area (Å²) in [4.78, 5) is 87.6. The summed E-state index contributed by atoms with van der Waals surface area (Å²) < 4.78 is 0. The predicted molar refractivity (Wildman–Crippen MR) is 239 cm³/mol. The number of benzene rings is 2. The van der Waals surface area contributed by atoms with Gasteiger partial charge < -0.3 is 74.6 Å². The lowest BCUT2D eigenvalue weighted by Gasteiger charge is -2.27. The van der Waals surface area contributed by atoms with Crippen molar-refractivity contribution in [1.82, 2.24) is 47.2 Å². The van der Waals surface area contributed by atoms with Crippen LogP contribution < -0.4 is 54.4 Å². The lowest BCUT2D eigenvalue weighted by atomic mass is 10.0. The van der Waals surface area contributed by atoms with Crippen LogP contribution in [0.1, 0.15) is 50.7 Å². The molecule has 0 aliphatic carbocycles. The minimum absolute atomic E-state index is 0.0127. The molecular formula is C42H60N14O8. The van der Waals surface area contributed by atoms with Gasteiger partial charge in [0, 0.05) is 60.1 Å². The van der Waals surface area contributed by atoms with Crippen LogP contribution in [0.3, 0.4) is 0 Å². The van der Waals surface area contributed by atoms with Crippen LogP contribution in [0.5, 0.6) is 0 Å². The third-order valence-corrected chi connectivity index (χ3v) is 10.5. The highest BCUT2D eigenvalue weighted by atomic mass is 16.4. The maximum Gasteiger partial charge on any atom is 0.326 e. The predicted octanol–water partition coefficient (Wildman–Crippen LogP) is -1.55. The van der Waals surface area contributed by atoms with Crippen LogP contribution in [0.15, 0.2) is 60.9 Å². The number of carbonyl (C=O) groups excluding carboxylic acids is 5. The number of para-hydroxylation sites is 2. The number of aromatic nitrogens is 2. The molecule has 19 N–H and O–H groups in total. The van der Waals surface area contributed by atoms with Gasteiger partial charge in [-0.05, 0) is 54.9 Å². The molecule has 22 nitrogen and oxygen atoms in total. The smallest absolute Gasteiger partial charge is 0.326 e. The first-order valence-corrected chi connectivity index (χ1v) is 20.9. The van der Waals surface area contributed by atoms with E-state index in [2.05, 4.69) is 47.2 Å². The van der Waals surface area contributed by atoms with Gasteiger partial charge in [-0.2, -0.15) is 0 Å². The second-order valence-electron chi connectivity index (χ2n) is 15.7. The van der Waals surface area contributed by atoms with Crippen LogP contribution in [0.25, 0.3) is 21.8 Å². The molecule has 0 saturated carbocycles. The number of nitrogens with one attached hydrogen (secondary N) is 11. The Morgan fingerprint density at radius 1 is 0.609 bits per heavy atom. The molecule has 22 heteroatoms. The number of hydrogen-bond donors (Lipinski definition) is 16. The highest BCUT2D eigenvalue weighted by Gasteiger charge is 2.34. The molecule has 2 aromatic heterocycles. The van der Waals surface area contributed by atoms with Crippen molar-refractivity contribution in [2.24, 2.45) is 23.1 Å². The van der Waals surface area contributed by atoms with Gasteiger partial charge in [0.15, 0.2) is 11.9 Å². The van der Waals surface area contributed by atoms with Crippen molar-refractivity contribution in [3.05, 3.63) is 72.1 Å². The number of rotatable bonds is 25. The quantitative estimate of drug-likeness (QED) is 0.0204. The van der Waals surface area contributed by atoms with Gasteiger partial charge in [-0.1, -0.05) is 50.2 Å². The maximum atomic E-state index is 14.3. The Balaban J connectivity index is 1.59. The van der Waals surface area contributed by atoms with Crippen molar-refractivity contribution < 1.29 is 39.0 Å². The van der Waals surface area contributed by atoms with Crippen LogP contribution in [0.4, 0.5) is 0 Å². The van der Waals surface area contributed by atoms with Crippen molar-refractivity contribution in [2.75, 3.05) is 19.7 Å². The normalized spacial score (nSPS) is 14.0. The molecule has 0 spiro atoms. The fourth-order valence-corrected chi connectivity index (χ4v) is 6.90. The number of carboxylic acid groups (broad SMARTS) is 1. The molecular weight excluding hydrogens is 829 g/mol. The molecule has 4 aromatic rings. The van der Waals surface area contributed by atoms with Gasteiger partial charge in [0.05, 0.1) is 12.6 Å². The van der Waals surface area contributed by atoms with E-state index in [1.807, 2.05) is 36.4 Å². The van der Waals surface area contributed by atoms with Gasteiger partial charge in [-0.3, -0.25) is 34.8 Å². The minimum atomic E-state index is -1.63. The summed E-state index contributed by atoms with van der Waals surface area (Å²) in [5.74, 6) is -6.33. The summed E-state index contributed by atoms with van der Waals surface area (Å²) >= 11 is 0. The molecule has 0 bridgehead atoms. The number of aliphatic carboxylic acids is 1. The summed E-state index contributed by atoms with van der Waals surface area (Å²) in [6, 6.07) is 6.58. The number of hydrogen-bond acceptors (Lipinski definition) is 10. The topological polar surface area (TPSA) is 384 Å². The Hall–Kier alpha value is -7.20. The zero-order valence-electron chi connectivity index (χ0n) is 35.8. The van der Waals surface area contributed by atoms with E-state index in [-0.39, 0.29) is 69.5 Å². The Kier molecular flexibility index (Phi) is 18.4. The van der Waals surface area contributed by atoms with E-state index in [0.29, 0.717) is 11.1 Å². The van der Waals surface area contributed by atoms with Crippen LogP contribution in [0, 0.1) is 16.7 Å². The number of fused-ring (bicyclic) bond motifs is 2. The molecule has 346 valence electrons. The van der Waals surface area contributed by atoms with E-state index in [9.17, 15) is 39.0 Å². The zero-order chi connectivity index (χ0) is 46.9. The summed E-state index contributed by atoms with van der Waals surface area (Å²) in [5.41, 5.74) is 19.6. The van der Waals surface area contributed by atoms with Crippen molar-refractivity contribution in [1.29, 1.82) is 10.8 Å². The number of guanidine groups is 2. The van der Waals surface area contributed by atoms with Gasteiger partial charge in [-0.15, -0.1) is 0 Å². The van der Waals surface area contributed by atoms with Gasteiger partial charge in [-0.25, -0.2) is 4.79 Å². The third kappa shape index (κ3) is 14.4. The van der Waals surface area contributed by atoms with Crippen molar-refractivity contribution in [3.63, 3.8) is 0 Å². The molecule has 0 fully saturated rings. The van der Waals surface area contributed by atoms with E-state index < -0.39 is 78.4 Å². The summed E-state index contributed by atoms with van der Waals surface area (Å²) in [5, 5.41) is 54.8. The highest BCUT2D eigenvalue weighted by Crippen LogP contribution is 2.21. The minimum Gasteiger partial charge on any atom is -0.480 e. The third-order valence-electron chi connectivity index (χ3n) is 10.5. The summed E-state index contributed by atoms with van der Waals surface area (Å²) in [6.07, 6.45) is 3.52. The van der Waals surface area contributed by atoms with E-state index in [1.54, 1.807) is 38.4 Å². The average Bonchev–Trinajstić information content (AvgIpc) is 3.87. The number of carboxylic acids is 1. The fourth-order valence-electron chi connectivity index (χ4n) is 6.90. The summed E-state index contributed by atoms with van der Waals surface area (Å²) in [6.45, 7) is 2.89. The van der Waals surface area contributed by atoms with Gasteiger partial charge >= 0.3 is 5.97 Å². The highest BCUT2D eigenvalue weighted by molar-refractivity contribution is 5.97. The van der Waals surface area contributed by atoms with Crippen molar-refractivity contribution >= 4 is 69.2 Å². The number of aliphatic hydroxyl groups excluding tert-OH is 1. The number of aromatic amines is 2. The van der Waals surface area contributed by atoms with Gasteiger partial charge in [0.1, 0.15) is 30.2 Å². The molecule has 2 aromatic carbocycles. The number of H-pyrrole nitrogens is 2. The molecule has 0 unspecified atom stereocenters. The SMILES string of the molecule is CC(C)[C@H](N)C(=O)N[C@@H](Cc1c[nH]c2ccccc12)C(=O)N[C@@H](CO)C(=O)N[C@@H](Cc1c[nH]c2ccccc12)C(=O)N[C@@H](CCCNC(=N)N)C(=O)N[C@@H](CCCNC(=N)N)C(=O)O. The largest absolute Gasteiger partial charge is 0.480 e. The van der Waals surface area contributed by atoms with Crippen LogP contribution in [-0.2, 0) is 41.6 Å². The van der Waals surface area contributed by atoms with Crippen LogP contribution in [-0.4, -0.2) is 124 Å². The van der Waals surface area contributed by atoms with E-state index >= 15 is 0 Å². The Labute approximate surface area is 369 Å². The summed E-state index contributed by atoms with van der Waals surface area (Å²) in [7, 11) is 0. The molecule has 6 atom stereocenters. The van der Waals surface area contributed by atoms with Crippen LogP contribution >= 0.6 is 0 Å². The van der Waals surface area contributed by atoms with E-state index in [1.165, 1.54) is 0 Å². The van der Waals surface area contributed by atoms with Gasteiger partial charge in [0.25, 0.3) is 0 Å². The molecule has 0 aliphatic rings. The molecule has 5 amide bonds. The molecule has 64 heavy (non-hydrogen) atoms. The molecule has 4 rings (SSSR count). The first-order chi connectivity index (χ1) is 30.5. The second-order valence-corrected chi connectivity index (χ2v) is 15.7. The Morgan fingerprint density at radius 2 is 1.00 bits per heavy atom. The van der Waals surface area contributed by atoms with Crippen molar-refractivity contribution in [2.45, 2.75) is 88.6 Å². The Morgan fingerprint density at radius 3 is 1.45 bits per heavy atom. The van der Waals surface area contributed by atoms with Crippen molar-refractivity contribution in [3.8, 4) is 0 Å². The number of aliphatic hydroxyl groups is 1. The molecule has 0 radical (unpaired) electrons. The molecule has 0 aliphatic heterocycles. The molecule has 0 saturated heterocycles. The number of amides is 5. The number of nitrogens with two attached hydrogens (primary N) is 3. The lowest BCUT2D eigenvalue weighted by molar-refractivity contribution is -0.142. The first kappa shape index (κ1) is 49.5. The van der Waals surface area contributed by atoms with Crippen LogP contribution in [0.2, 0.25) is 0 Å². The first-order valence-electron chi connectivity index (χ1n) is 20.9. The van der Waals surface area contributed by atoms with E-state index in [4.69, 9.17) is 28.0 Å². The number of carbonyl (C=O) groups is 6.